The number of fused-ring (bicyclic) bond motifs is 1. The van der Waals surface area contributed by atoms with Gasteiger partial charge >= 0.3 is 0 Å². The average Bonchev–Trinajstić information content (AvgIpc) is 2.99. The summed E-state index contributed by atoms with van der Waals surface area (Å²) in [7, 11) is 0. The van der Waals surface area contributed by atoms with Crippen LogP contribution in [0, 0.1) is 0 Å². The van der Waals surface area contributed by atoms with E-state index in [9.17, 15) is 0 Å². The van der Waals surface area contributed by atoms with Crippen LogP contribution in [0.15, 0.2) is 78.9 Å². The summed E-state index contributed by atoms with van der Waals surface area (Å²) in [5, 5.41) is 0. The Hall–Kier alpha value is -2.87. The summed E-state index contributed by atoms with van der Waals surface area (Å²) in [6.45, 7) is 0. The van der Waals surface area contributed by atoms with Gasteiger partial charge in [0.25, 0.3) is 0 Å². The van der Waals surface area contributed by atoms with E-state index in [-0.39, 0.29) is 0 Å². The zero-order chi connectivity index (χ0) is 14.1. The number of aromatic amines is 1. The second-order valence-corrected chi connectivity index (χ2v) is 5.01. The largest absolute Gasteiger partial charge is 0.338 e. The van der Waals surface area contributed by atoms with Crippen LogP contribution in [0.2, 0.25) is 0 Å². The van der Waals surface area contributed by atoms with E-state index in [1.165, 1.54) is 11.1 Å². The summed E-state index contributed by atoms with van der Waals surface area (Å²) in [6.07, 6.45) is 0. The van der Waals surface area contributed by atoms with Crippen molar-refractivity contribution in [2.24, 2.45) is 0 Å². The summed E-state index contributed by atoms with van der Waals surface area (Å²) in [4.78, 5) is 8.12. The van der Waals surface area contributed by atoms with Crippen molar-refractivity contribution in [1.29, 1.82) is 0 Å². The zero-order valence-corrected chi connectivity index (χ0v) is 11.5. The first kappa shape index (κ1) is 11.9. The predicted octanol–water partition coefficient (Wildman–Crippen LogP) is 4.90. The van der Waals surface area contributed by atoms with Gasteiger partial charge in [-0.05, 0) is 23.3 Å². The summed E-state index contributed by atoms with van der Waals surface area (Å²) >= 11 is 0. The monoisotopic (exact) mass is 270 g/mol. The Morgan fingerprint density at radius 3 is 2.10 bits per heavy atom. The lowest BCUT2D eigenvalue weighted by Crippen LogP contribution is -1.86. The Labute approximate surface area is 123 Å². The molecular weight excluding hydrogens is 256 g/mol. The second-order valence-electron chi connectivity index (χ2n) is 5.01. The van der Waals surface area contributed by atoms with Crippen LogP contribution in [0.1, 0.15) is 0 Å². The van der Waals surface area contributed by atoms with E-state index in [1.54, 1.807) is 0 Å². The first-order valence-corrected chi connectivity index (χ1v) is 7.01. The lowest BCUT2D eigenvalue weighted by atomic mass is 9.99. The molecule has 1 heterocycles. The van der Waals surface area contributed by atoms with Crippen LogP contribution in [0.4, 0.5) is 0 Å². The highest BCUT2D eigenvalue weighted by molar-refractivity contribution is 5.85. The van der Waals surface area contributed by atoms with Gasteiger partial charge in [0.15, 0.2) is 0 Å². The van der Waals surface area contributed by atoms with Crippen LogP contribution in [0.3, 0.4) is 0 Å². The molecule has 2 heteroatoms. The molecule has 0 saturated heterocycles. The highest BCUT2D eigenvalue weighted by atomic mass is 14.9. The van der Waals surface area contributed by atoms with Crippen molar-refractivity contribution in [3.63, 3.8) is 0 Å². The van der Waals surface area contributed by atoms with Gasteiger partial charge in [-0.1, -0.05) is 66.7 Å². The van der Waals surface area contributed by atoms with Gasteiger partial charge in [0.1, 0.15) is 5.82 Å². The van der Waals surface area contributed by atoms with Crippen molar-refractivity contribution in [1.82, 2.24) is 9.97 Å². The Morgan fingerprint density at radius 2 is 1.29 bits per heavy atom. The fourth-order valence-electron chi connectivity index (χ4n) is 2.64. The van der Waals surface area contributed by atoms with Gasteiger partial charge in [-0.2, -0.15) is 0 Å². The van der Waals surface area contributed by atoms with Gasteiger partial charge in [-0.15, -0.1) is 0 Å². The molecule has 0 aliphatic heterocycles. The maximum atomic E-state index is 4.71. The third kappa shape index (κ3) is 2.11. The quantitative estimate of drug-likeness (QED) is 0.551. The van der Waals surface area contributed by atoms with E-state index >= 15 is 0 Å². The number of H-pyrrole nitrogens is 1. The van der Waals surface area contributed by atoms with Crippen molar-refractivity contribution < 1.29 is 0 Å². The van der Waals surface area contributed by atoms with E-state index in [1.807, 2.05) is 24.3 Å². The number of hydrogen-bond acceptors (Lipinski definition) is 1. The number of nitrogens with zero attached hydrogens (tertiary/aromatic N) is 1. The first-order chi connectivity index (χ1) is 10.4. The van der Waals surface area contributed by atoms with Crippen molar-refractivity contribution in [2.45, 2.75) is 0 Å². The smallest absolute Gasteiger partial charge is 0.139 e. The molecule has 100 valence electrons. The number of benzene rings is 3. The van der Waals surface area contributed by atoms with E-state index in [0.29, 0.717) is 0 Å². The van der Waals surface area contributed by atoms with E-state index in [2.05, 4.69) is 59.6 Å². The molecule has 4 aromatic rings. The van der Waals surface area contributed by atoms with Crippen molar-refractivity contribution in [3.8, 4) is 22.5 Å². The van der Waals surface area contributed by atoms with Crippen LogP contribution in [-0.2, 0) is 0 Å². The molecule has 0 aliphatic rings. The van der Waals surface area contributed by atoms with Crippen molar-refractivity contribution in [2.75, 3.05) is 0 Å². The van der Waals surface area contributed by atoms with Crippen molar-refractivity contribution in [3.05, 3.63) is 78.9 Å². The minimum Gasteiger partial charge on any atom is -0.338 e. The number of aromatic nitrogens is 2. The normalized spacial score (nSPS) is 10.9. The van der Waals surface area contributed by atoms with Crippen LogP contribution >= 0.6 is 0 Å². The SMILES string of the molecule is c1ccc(-c2ccccc2-c2nc3ccccc3[nH]2)cc1. The molecular formula is C19H14N2. The molecule has 4 rings (SSSR count). The van der Waals surface area contributed by atoms with Gasteiger partial charge in [0, 0.05) is 5.56 Å². The molecule has 0 spiro atoms. The summed E-state index contributed by atoms with van der Waals surface area (Å²) < 4.78 is 0. The molecule has 0 amide bonds. The summed E-state index contributed by atoms with van der Waals surface area (Å²) in [5.74, 6) is 0.913. The lowest BCUT2D eigenvalue weighted by Gasteiger charge is -2.07. The number of imidazole rings is 1. The highest BCUT2D eigenvalue weighted by Crippen LogP contribution is 2.31. The fraction of sp³-hybridized carbons (Fsp3) is 0. The summed E-state index contributed by atoms with van der Waals surface area (Å²) in [5.41, 5.74) is 5.58. The average molecular weight is 270 g/mol. The van der Waals surface area contributed by atoms with Gasteiger partial charge in [0.2, 0.25) is 0 Å². The molecule has 0 aliphatic carbocycles. The number of para-hydroxylation sites is 2. The molecule has 2 nitrogen and oxygen atoms in total. The highest BCUT2D eigenvalue weighted by Gasteiger charge is 2.10. The summed E-state index contributed by atoms with van der Waals surface area (Å²) in [6, 6.07) is 26.9. The molecule has 0 radical (unpaired) electrons. The Morgan fingerprint density at radius 1 is 0.619 bits per heavy atom. The second kappa shape index (κ2) is 4.91. The van der Waals surface area contributed by atoms with E-state index < -0.39 is 0 Å². The Balaban J connectivity index is 1.93. The minimum atomic E-state index is 0.913. The number of rotatable bonds is 2. The molecule has 0 atom stereocenters. The molecule has 21 heavy (non-hydrogen) atoms. The Kier molecular flexibility index (Phi) is 2.79. The molecule has 3 aromatic carbocycles. The third-order valence-corrected chi connectivity index (χ3v) is 3.66. The number of nitrogens with one attached hydrogen (secondary N) is 1. The maximum absolute atomic E-state index is 4.71. The van der Waals surface area contributed by atoms with Crippen LogP contribution in [0.25, 0.3) is 33.5 Å². The predicted molar refractivity (Wildman–Crippen MR) is 87.0 cm³/mol. The zero-order valence-electron chi connectivity index (χ0n) is 11.5. The van der Waals surface area contributed by atoms with E-state index in [0.717, 1.165) is 22.4 Å². The molecule has 0 unspecified atom stereocenters. The van der Waals surface area contributed by atoms with Crippen molar-refractivity contribution >= 4 is 11.0 Å². The maximum Gasteiger partial charge on any atom is 0.139 e. The molecule has 0 bridgehead atoms. The fourth-order valence-corrected chi connectivity index (χ4v) is 2.64. The van der Waals surface area contributed by atoms with Gasteiger partial charge in [-0.3, -0.25) is 0 Å². The number of hydrogen-bond donors (Lipinski definition) is 1. The van der Waals surface area contributed by atoms with Crippen LogP contribution in [0.5, 0.6) is 0 Å². The van der Waals surface area contributed by atoms with E-state index in [4.69, 9.17) is 4.98 Å². The topological polar surface area (TPSA) is 28.7 Å². The Bertz CT molecular complexity index is 859. The first-order valence-electron chi connectivity index (χ1n) is 7.01. The molecule has 1 N–H and O–H groups in total. The van der Waals surface area contributed by atoms with Gasteiger partial charge < -0.3 is 4.98 Å². The van der Waals surface area contributed by atoms with Crippen LogP contribution in [-0.4, -0.2) is 9.97 Å². The van der Waals surface area contributed by atoms with Crippen LogP contribution < -0.4 is 0 Å². The van der Waals surface area contributed by atoms with Gasteiger partial charge in [0.05, 0.1) is 11.0 Å². The molecule has 0 saturated carbocycles. The molecule has 0 fully saturated rings. The standard InChI is InChI=1S/C19H14N2/c1-2-8-14(9-3-1)15-10-4-5-11-16(15)19-20-17-12-6-7-13-18(17)21-19/h1-13H,(H,20,21). The third-order valence-electron chi connectivity index (χ3n) is 3.66. The minimum absolute atomic E-state index is 0.913. The van der Waals surface area contributed by atoms with Gasteiger partial charge in [-0.25, -0.2) is 4.98 Å². The molecule has 1 aromatic heterocycles. The lowest BCUT2D eigenvalue weighted by molar-refractivity contribution is 1.34.